The number of nitrogens with two attached hydrogens (primary N) is 1. The fourth-order valence-corrected chi connectivity index (χ4v) is 2.36. The van der Waals surface area contributed by atoms with E-state index in [0.717, 1.165) is 18.8 Å². The van der Waals surface area contributed by atoms with Crippen LogP contribution in [0.2, 0.25) is 0 Å². The van der Waals surface area contributed by atoms with Crippen LogP contribution in [0.3, 0.4) is 0 Å². The molecule has 1 aromatic rings. The highest BCUT2D eigenvalue weighted by Gasteiger charge is 2.22. The Kier molecular flexibility index (Phi) is 8.13. The number of rotatable bonds is 3. The third-order valence-electron chi connectivity index (χ3n) is 3.16. The van der Waals surface area contributed by atoms with Crippen molar-refractivity contribution in [2.75, 3.05) is 24.5 Å². The second-order valence-corrected chi connectivity index (χ2v) is 4.84. The van der Waals surface area contributed by atoms with E-state index in [9.17, 15) is 4.79 Å². The maximum absolute atomic E-state index is 11.4. The average Bonchev–Trinajstić information content (AvgIpc) is 2.37. The summed E-state index contributed by atoms with van der Waals surface area (Å²) in [5.74, 6) is -0.0229. The van der Waals surface area contributed by atoms with E-state index in [1.165, 1.54) is 0 Å². The minimum absolute atomic E-state index is 0. The van der Waals surface area contributed by atoms with E-state index in [-0.39, 0.29) is 49.4 Å². The van der Waals surface area contributed by atoms with Gasteiger partial charge in [0.05, 0.1) is 18.8 Å². The molecular formula is C14H22Cl2N2O2. The van der Waals surface area contributed by atoms with Crippen LogP contribution in [0.5, 0.6) is 0 Å². The average molecular weight is 321 g/mol. The van der Waals surface area contributed by atoms with Gasteiger partial charge < -0.3 is 15.4 Å². The SMILES string of the molecule is C[C@@H]1CN(c2ccc(C(=O)CN)cc2)C[C@H](C)O1.Cl.Cl. The van der Waals surface area contributed by atoms with Gasteiger partial charge in [-0.3, -0.25) is 4.79 Å². The molecular weight excluding hydrogens is 299 g/mol. The molecule has 2 N–H and O–H groups in total. The van der Waals surface area contributed by atoms with Crippen LogP contribution in [0.1, 0.15) is 24.2 Å². The molecule has 1 aliphatic heterocycles. The molecule has 0 radical (unpaired) electrons. The van der Waals surface area contributed by atoms with Crippen molar-refractivity contribution in [1.29, 1.82) is 0 Å². The molecule has 0 amide bonds. The number of anilines is 1. The van der Waals surface area contributed by atoms with E-state index < -0.39 is 0 Å². The van der Waals surface area contributed by atoms with Crippen molar-refractivity contribution >= 4 is 36.3 Å². The van der Waals surface area contributed by atoms with Crippen molar-refractivity contribution < 1.29 is 9.53 Å². The van der Waals surface area contributed by atoms with Gasteiger partial charge in [0.2, 0.25) is 0 Å². The van der Waals surface area contributed by atoms with Gasteiger partial charge in [-0.05, 0) is 38.1 Å². The van der Waals surface area contributed by atoms with E-state index in [1.807, 2.05) is 24.3 Å². The van der Waals surface area contributed by atoms with Crippen LogP contribution in [-0.4, -0.2) is 37.6 Å². The Morgan fingerprint density at radius 1 is 1.20 bits per heavy atom. The molecule has 0 unspecified atom stereocenters. The summed E-state index contributed by atoms with van der Waals surface area (Å²) in [7, 11) is 0. The first-order chi connectivity index (χ1) is 8.60. The minimum Gasteiger partial charge on any atom is -0.372 e. The Morgan fingerprint density at radius 3 is 2.15 bits per heavy atom. The van der Waals surface area contributed by atoms with Gasteiger partial charge in [-0.25, -0.2) is 0 Å². The minimum atomic E-state index is -0.0229. The highest BCUT2D eigenvalue weighted by Crippen LogP contribution is 2.20. The molecule has 0 aromatic heterocycles. The zero-order valence-corrected chi connectivity index (χ0v) is 13.4. The standard InChI is InChI=1S/C14H20N2O2.2ClH/c1-10-8-16(9-11(2)18-10)13-5-3-12(4-6-13)14(17)7-15;;/h3-6,10-11H,7-9,15H2,1-2H3;2*1H/t10-,11+;;. The molecule has 0 aliphatic carbocycles. The van der Waals surface area contributed by atoms with Crippen LogP contribution in [0, 0.1) is 0 Å². The normalized spacial score (nSPS) is 21.6. The molecule has 114 valence electrons. The lowest BCUT2D eigenvalue weighted by atomic mass is 10.1. The van der Waals surface area contributed by atoms with Crippen LogP contribution >= 0.6 is 24.8 Å². The number of Topliss-reactive ketones (excluding diaryl/α,β-unsaturated/α-hetero) is 1. The number of carbonyl (C=O) groups is 1. The third kappa shape index (κ3) is 4.63. The first-order valence-corrected chi connectivity index (χ1v) is 6.34. The largest absolute Gasteiger partial charge is 0.372 e. The number of nitrogens with zero attached hydrogens (tertiary/aromatic N) is 1. The van der Waals surface area contributed by atoms with Crippen molar-refractivity contribution in [2.24, 2.45) is 5.73 Å². The smallest absolute Gasteiger partial charge is 0.176 e. The van der Waals surface area contributed by atoms with E-state index in [1.54, 1.807) is 0 Å². The van der Waals surface area contributed by atoms with Crippen molar-refractivity contribution in [3.05, 3.63) is 29.8 Å². The van der Waals surface area contributed by atoms with Crippen molar-refractivity contribution in [2.45, 2.75) is 26.1 Å². The number of carbonyl (C=O) groups excluding carboxylic acids is 1. The molecule has 1 fully saturated rings. The van der Waals surface area contributed by atoms with Gasteiger partial charge in [0.15, 0.2) is 5.78 Å². The monoisotopic (exact) mass is 320 g/mol. The molecule has 6 heteroatoms. The molecule has 0 spiro atoms. The summed E-state index contributed by atoms with van der Waals surface area (Å²) in [6.45, 7) is 5.98. The lowest BCUT2D eigenvalue weighted by Gasteiger charge is -2.36. The Balaban J connectivity index is 0.00000180. The first kappa shape index (κ1) is 19.2. The molecule has 1 aliphatic rings. The predicted octanol–water partition coefficient (Wildman–Crippen LogP) is 2.29. The Labute approximate surface area is 132 Å². The summed E-state index contributed by atoms with van der Waals surface area (Å²) in [5, 5.41) is 0. The van der Waals surface area contributed by atoms with E-state index in [0.29, 0.717) is 5.56 Å². The van der Waals surface area contributed by atoms with Gasteiger partial charge in [-0.15, -0.1) is 24.8 Å². The fourth-order valence-electron chi connectivity index (χ4n) is 2.36. The van der Waals surface area contributed by atoms with Gasteiger partial charge in [-0.2, -0.15) is 0 Å². The summed E-state index contributed by atoms with van der Waals surface area (Å²) in [4.78, 5) is 13.7. The number of morpholine rings is 1. The number of halogens is 2. The lowest BCUT2D eigenvalue weighted by molar-refractivity contribution is -0.00522. The summed E-state index contributed by atoms with van der Waals surface area (Å²) >= 11 is 0. The predicted molar refractivity (Wildman–Crippen MR) is 86.5 cm³/mol. The highest BCUT2D eigenvalue weighted by molar-refractivity contribution is 5.97. The van der Waals surface area contributed by atoms with Crippen molar-refractivity contribution in [3.8, 4) is 0 Å². The van der Waals surface area contributed by atoms with E-state index in [4.69, 9.17) is 10.5 Å². The topological polar surface area (TPSA) is 55.6 Å². The van der Waals surface area contributed by atoms with Crippen molar-refractivity contribution in [3.63, 3.8) is 0 Å². The fraction of sp³-hybridized carbons (Fsp3) is 0.500. The molecule has 1 saturated heterocycles. The van der Waals surface area contributed by atoms with Gasteiger partial charge in [-0.1, -0.05) is 0 Å². The molecule has 20 heavy (non-hydrogen) atoms. The van der Waals surface area contributed by atoms with E-state index in [2.05, 4.69) is 18.7 Å². The number of benzene rings is 1. The molecule has 0 saturated carbocycles. The summed E-state index contributed by atoms with van der Waals surface area (Å²) in [5.41, 5.74) is 7.15. The molecule has 2 rings (SSSR count). The number of hydrogen-bond acceptors (Lipinski definition) is 4. The zero-order valence-electron chi connectivity index (χ0n) is 11.7. The summed E-state index contributed by atoms with van der Waals surface area (Å²) in [6.07, 6.45) is 0.471. The van der Waals surface area contributed by atoms with Crippen molar-refractivity contribution in [1.82, 2.24) is 0 Å². The molecule has 1 heterocycles. The quantitative estimate of drug-likeness (QED) is 0.868. The molecule has 2 atom stereocenters. The molecule has 1 aromatic carbocycles. The number of ketones is 1. The Bertz CT molecular complexity index is 416. The molecule has 4 nitrogen and oxygen atoms in total. The molecule has 0 bridgehead atoms. The maximum atomic E-state index is 11.4. The summed E-state index contributed by atoms with van der Waals surface area (Å²) < 4.78 is 5.70. The van der Waals surface area contributed by atoms with Crippen LogP contribution in [-0.2, 0) is 4.74 Å². The highest BCUT2D eigenvalue weighted by atomic mass is 35.5. The van der Waals surface area contributed by atoms with Gasteiger partial charge >= 0.3 is 0 Å². The van der Waals surface area contributed by atoms with Crippen LogP contribution in [0.25, 0.3) is 0 Å². The number of hydrogen-bond donors (Lipinski definition) is 1. The second-order valence-electron chi connectivity index (χ2n) is 4.84. The lowest BCUT2D eigenvalue weighted by Crippen LogP contribution is -2.45. The summed E-state index contributed by atoms with van der Waals surface area (Å²) in [6, 6.07) is 7.64. The van der Waals surface area contributed by atoms with Gasteiger partial charge in [0.1, 0.15) is 0 Å². The maximum Gasteiger partial charge on any atom is 0.176 e. The van der Waals surface area contributed by atoms with Crippen LogP contribution in [0.15, 0.2) is 24.3 Å². The van der Waals surface area contributed by atoms with Crippen LogP contribution in [0.4, 0.5) is 5.69 Å². The third-order valence-corrected chi connectivity index (χ3v) is 3.16. The zero-order chi connectivity index (χ0) is 13.1. The van der Waals surface area contributed by atoms with Gasteiger partial charge in [0.25, 0.3) is 0 Å². The van der Waals surface area contributed by atoms with Crippen LogP contribution < -0.4 is 10.6 Å². The first-order valence-electron chi connectivity index (χ1n) is 6.34. The second kappa shape index (κ2) is 8.47. The number of ether oxygens (including phenoxy) is 1. The Hall–Kier alpha value is -0.810. The Morgan fingerprint density at radius 2 is 1.70 bits per heavy atom. The van der Waals surface area contributed by atoms with Gasteiger partial charge in [0, 0.05) is 24.3 Å². The van der Waals surface area contributed by atoms with E-state index >= 15 is 0 Å².